The standard InChI is InChI=1S/C16H22FNO2/c1-20-11-13-5-3-7-15(13)18-16(19)9-8-12-4-2-6-14(17)10-12/h2,4,6,10,13,15H,3,5,7-9,11H2,1H3,(H,18,19)/t13-,15-/m0/s1. The number of methoxy groups -OCH3 is 1. The summed E-state index contributed by atoms with van der Waals surface area (Å²) in [7, 11) is 1.70. The van der Waals surface area contributed by atoms with Crippen LogP contribution < -0.4 is 5.32 Å². The molecular weight excluding hydrogens is 257 g/mol. The number of amides is 1. The van der Waals surface area contributed by atoms with Gasteiger partial charge in [-0.3, -0.25) is 4.79 Å². The Hall–Kier alpha value is -1.42. The van der Waals surface area contributed by atoms with Gasteiger partial charge >= 0.3 is 0 Å². The fourth-order valence-corrected chi connectivity index (χ4v) is 2.87. The molecule has 0 radical (unpaired) electrons. The number of hydrogen-bond donors (Lipinski definition) is 1. The van der Waals surface area contributed by atoms with Gasteiger partial charge in [0.2, 0.25) is 5.91 Å². The highest BCUT2D eigenvalue weighted by Gasteiger charge is 2.28. The highest BCUT2D eigenvalue weighted by Crippen LogP contribution is 2.25. The van der Waals surface area contributed by atoms with E-state index in [4.69, 9.17) is 4.74 Å². The van der Waals surface area contributed by atoms with Crippen molar-refractivity contribution in [2.45, 2.75) is 38.1 Å². The summed E-state index contributed by atoms with van der Waals surface area (Å²) in [6.45, 7) is 0.703. The van der Waals surface area contributed by atoms with Gasteiger partial charge in [0.1, 0.15) is 5.82 Å². The van der Waals surface area contributed by atoms with Crippen molar-refractivity contribution >= 4 is 5.91 Å². The lowest BCUT2D eigenvalue weighted by molar-refractivity contribution is -0.122. The van der Waals surface area contributed by atoms with Crippen LogP contribution in [0.25, 0.3) is 0 Å². The molecule has 0 heterocycles. The molecule has 20 heavy (non-hydrogen) atoms. The molecule has 1 N–H and O–H groups in total. The molecule has 1 amide bonds. The van der Waals surface area contributed by atoms with Gasteiger partial charge in [0, 0.05) is 25.5 Å². The molecule has 0 saturated heterocycles. The Labute approximate surface area is 119 Å². The summed E-state index contributed by atoms with van der Waals surface area (Å²) in [5.74, 6) is 0.222. The third-order valence-corrected chi connectivity index (χ3v) is 3.92. The van der Waals surface area contributed by atoms with Crippen molar-refractivity contribution in [1.29, 1.82) is 0 Å². The van der Waals surface area contributed by atoms with E-state index < -0.39 is 0 Å². The van der Waals surface area contributed by atoms with E-state index in [9.17, 15) is 9.18 Å². The van der Waals surface area contributed by atoms with Crippen LogP contribution in [0.5, 0.6) is 0 Å². The monoisotopic (exact) mass is 279 g/mol. The number of rotatable bonds is 6. The second-order valence-electron chi connectivity index (χ2n) is 5.45. The predicted octanol–water partition coefficient (Wildman–Crippen LogP) is 2.69. The Morgan fingerprint density at radius 1 is 1.45 bits per heavy atom. The van der Waals surface area contributed by atoms with Gasteiger partial charge in [0.25, 0.3) is 0 Å². The molecule has 1 aromatic carbocycles. The first kappa shape index (κ1) is 15.0. The molecule has 1 aliphatic rings. The molecule has 1 saturated carbocycles. The number of nitrogens with one attached hydrogen (secondary N) is 1. The average Bonchev–Trinajstić information content (AvgIpc) is 2.84. The molecule has 1 aliphatic carbocycles. The SMILES string of the molecule is COC[C@@H]1CCC[C@@H]1NC(=O)CCc1cccc(F)c1. The summed E-state index contributed by atoms with van der Waals surface area (Å²) in [6.07, 6.45) is 4.26. The maximum atomic E-state index is 13.0. The van der Waals surface area contributed by atoms with Crippen LogP contribution in [0.2, 0.25) is 0 Å². The largest absolute Gasteiger partial charge is 0.384 e. The molecule has 0 bridgehead atoms. The molecule has 0 unspecified atom stereocenters. The molecule has 110 valence electrons. The van der Waals surface area contributed by atoms with Gasteiger partial charge in [-0.25, -0.2) is 4.39 Å². The van der Waals surface area contributed by atoms with Crippen LogP contribution in [-0.2, 0) is 16.0 Å². The Bertz CT molecular complexity index is 450. The van der Waals surface area contributed by atoms with Gasteiger partial charge in [-0.15, -0.1) is 0 Å². The molecule has 4 heteroatoms. The molecule has 2 atom stereocenters. The van der Waals surface area contributed by atoms with E-state index in [1.54, 1.807) is 13.2 Å². The summed E-state index contributed by atoms with van der Waals surface area (Å²) < 4.78 is 18.2. The minimum atomic E-state index is -0.251. The Morgan fingerprint density at radius 3 is 3.05 bits per heavy atom. The van der Waals surface area contributed by atoms with Gasteiger partial charge in [0.15, 0.2) is 0 Å². The zero-order chi connectivity index (χ0) is 14.4. The number of benzene rings is 1. The average molecular weight is 279 g/mol. The second-order valence-corrected chi connectivity index (χ2v) is 5.45. The van der Waals surface area contributed by atoms with E-state index in [1.165, 1.54) is 12.1 Å². The van der Waals surface area contributed by atoms with Crippen molar-refractivity contribution in [3.05, 3.63) is 35.6 Å². The number of carbonyl (C=O) groups excluding carboxylic acids is 1. The quantitative estimate of drug-likeness (QED) is 0.869. The maximum Gasteiger partial charge on any atom is 0.220 e. The van der Waals surface area contributed by atoms with E-state index in [2.05, 4.69) is 5.32 Å². The molecule has 0 spiro atoms. The summed E-state index contributed by atoms with van der Waals surface area (Å²) >= 11 is 0. The zero-order valence-corrected chi connectivity index (χ0v) is 11.9. The van der Waals surface area contributed by atoms with Crippen molar-refractivity contribution < 1.29 is 13.9 Å². The Balaban J connectivity index is 1.78. The topological polar surface area (TPSA) is 38.3 Å². The third-order valence-electron chi connectivity index (χ3n) is 3.92. The van der Waals surface area contributed by atoms with E-state index in [1.807, 2.05) is 6.07 Å². The van der Waals surface area contributed by atoms with E-state index in [0.717, 1.165) is 24.8 Å². The molecule has 2 rings (SSSR count). The number of aryl methyl sites for hydroxylation is 1. The van der Waals surface area contributed by atoms with Crippen LogP contribution in [0.4, 0.5) is 4.39 Å². The minimum absolute atomic E-state index is 0.0438. The number of hydrogen-bond acceptors (Lipinski definition) is 2. The number of halogens is 1. The smallest absolute Gasteiger partial charge is 0.220 e. The summed E-state index contributed by atoms with van der Waals surface area (Å²) in [5, 5.41) is 3.09. The number of ether oxygens (including phenoxy) is 1. The highest BCUT2D eigenvalue weighted by atomic mass is 19.1. The first-order valence-electron chi connectivity index (χ1n) is 7.22. The van der Waals surface area contributed by atoms with E-state index in [-0.39, 0.29) is 17.8 Å². The summed E-state index contributed by atoms with van der Waals surface area (Å²) in [4.78, 5) is 12.0. The molecule has 3 nitrogen and oxygen atoms in total. The van der Waals surface area contributed by atoms with Crippen molar-refractivity contribution in [1.82, 2.24) is 5.32 Å². The van der Waals surface area contributed by atoms with Crippen LogP contribution in [0.1, 0.15) is 31.2 Å². The molecule has 0 aromatic heterocycles. The van der Waals surface area contributed by atoms with E-state index in [0.29, 0.717) is 25.4 Å². The lowest BCUT2D eigenvalue weighted by Gasteiger charge is -2.20. The second kappa shape index (κ2) is 7.39. The minimum Gasteiger partial charge on any atom is -0.384 e. The normalized spacial score (nSPS) is 21.9. The van der Waals surface area contributed by atoms with Gasteiger partial charge in [-0.2, -0.15) is 0 Å². The molecule has 0 aliphatic heterocycles. The lowest BCUT2D eigenvalue weighted by atomic mass is 10.0. The van der Waals surface area contributed by atoms with Crippen LogP contribution in [0, 0.1) is 11.7 Å². The van der Waals surface area contributed by atoms with Crippen LogP contribution >= 0.6 is 0 Å². The van der Waals surface area contributed by atoms with Crippen LogP contribution in [0.15, 0.2) is 24.3 Å². The maximum absolute atomic E-state index is 13.0. The van der Waals surface area contributed by atoms with Crippen molar-refractivity contribution in [2.24, 2.45) is 5.92 Å². The van der Waals surface area contributed by atoms with Crippen LogP contribution in [0.3, 0.4) is 0 Å². The van der Waals surface area contributed by atoms with Crippen LogP contribution in [-0.4, -0.2) is 25.7 Å². The van der Waals surface area contributed by atoms with Gasteiger partial charge in [0.05, 0.1) is 6.61 Å². The predicted molar refractivity (Wildman–Crippen MR) is 75.9 cm³/mol. The van der Waals surface area contributed by atoms with Gasteiger partial charge in [-0.1, -0.05) is 18.6 Å². The summed E-state index contributed by atoms with van der Waals surface area (Å²) in [5.41, 5.74) is 0.861. The van der Waals surface area contributed by atoms with E-state index >= 15 is 0 Å². The fourth-order valence-electron chi connectivity index (χ4n) is 2.87. The van der Waals surface area contributed by atoms with Gasteiger partial charge < -0.3 is 10.1 Å². The number of carbonyl (C=O) groups is 1. The van der Waals surface area contributed by atoms with Crippen molar-refractivity contribution in [3.8, 4) is 0 Å². The third kappa shape index (κ3) is 4.30. The fraction of sp³-hybridized carbons (Fsp3) is 0.562. The first-order chi connectivity index (χ1) is 9.69. The zero-order valence-electron chi connectivity index (χ0n) is 11.9. The molecule has 1 aromatic rings. The van der Waals surface area contributed by atoms with Gasteiger partial charge in [-0.05, 0) is 37.0 Å². The Morgan fingerprint density at radius 2 is 2.30 bits per heavy atom. The molecule has 1 fully saturated rings. The lowest BCUT2D eigenvalue weighted by Crippen LogP contribution is -2.38. The first-order valence-corrected chi connectivity index (χ1v) is 7.22. The highest BCUT2D eigenvalue weighted by molar-refractivity contribution is 5.76. The van der Waals surface area contributed by atoms with Crippen molar-refractivity contribution in [3.63, 3.8) is 0 Å². The summed E-state index contributed by atoms with van der Waals surface area (Å²) in [6, 6.07) is 6.65. The van der Waals surface area contributed by atoms with Crippen molar-refractivity contribution in [2.75, 3.05) is 13.7 Å². The molecular formula is C16H22FNO2. The Kier molecular flexibility index (Phi) is 5.53.